The van der Waals surface area contributed by atoms with Crippen molar-refractivity contribution < 1.29 is 9.53 Å². The molecule has 0 unspecified atom stereocenters. The van der Waals surface area contributed by atoms with Crippen molar-refractivity contribution in [3.8, 4) is 5.75 Å². The minimum absolute atomic E-state index is 0.437. The normalized spacial score (nSPS) is 10.2. The molecule has 0 radical (unpaired) electrons. The molecule has 0 N–H and O–H groups in total. The number of carbonyl (C=O) groups excluding carboxylic acids is 1. The van der Waals surface area contributed by atoms with Crippen LogP contribution in [0, 0.1) is 13.8 Å². The molecule has 0 bridgehead atoms. The zero-order valence-corrected chi connectivity index (χ0v) is 11.3. The second-order valence-corrected chi connectivity index (χ2v) is 4.70. The van der Waals surface area contributed by atoms with Crippen LogP contribution in [0.4, 0.5) is 0 Å². The second-order valence-electron chi connectivity index (χ2n) is 4.70. The molecule has 2 rings (SSSR count). The second kappa shape index (κ2) is 6.19. The van der Waals surface area contributed by atoms with Gasteiger partial charge in [-0.05, 0) is 42.2 Å². The first kappa shape index (κ1) is 13.3. The van der Waals surface area contributed by atoms with Crippen molar-refractivity contribution in [2.24, 2.45) is 0 Å². The van der Waals surface area contributed by atoms with E-state index < -0.39 is 0 Å². The zero-order chi connectivity index (χ0) is 13.7. The van der Waals surface area contributed by atoms with E-state index in [2.05, 4.69) is 12.1 Å². The van der Waals surface area contributed by atoms with Gasteiger partial charge in [0.05, 0.1) is 0 Å². The van der Waals surface area contributed by atoms with Gasteiger partial charge >= 0.3 is 0 Å². The molecule has 0 aromatic heterocycles. The minimum atomic E-state index is 0.437. The average molecular weight is 254 g/mol. The Balaban J connectivity index is 2.14. The van der Waals surface area contributed by atoms with E-state index in [-0.39, 0.29) is 0 Å². The summed E-state index contributed by atoms with van der Waals surface area (Å²) in [5, 5.41) is 0. The van der Waals surface area contributed by atoms with Crippen molar-refractivity contribution in [2.75, 3.05) is 0 Å². The number of ether oxygens (including phenoxy) is 1. The number of hydrogen-bond acceptors (Lipinski definition) is 2. The smallest absolute Gasteiger partial charge is 0.124 e. The van der Waals surface area contributed by atoms with Crippen LogP contribution in [-0.4, -0.2) is 6.29 Å². The molecule has 0 heterocycles. The molecule has 0 amide bonds. The molecule has 0 fully saturated rings. The van der Waals surface area contributed by atoms with Gasteiger partial charge < -0.3 is 9.53 Å². The first-order valence-corrected chi connectivity index (χ1v) is 6.41. The average Bonchev–Trinajstić information content (AvgIpc) is 2.42. The van der Waals surface area contributed by atoms with Gasteiger partial charge in [-0.3, -0.25) is 0 Å². The van der Waals surface area contributed by atoms with E-state index in [0.29, 0.717) is 13.0 Å². The van der Waals surface area contributed by atoms with Crippen LogP contribution in [0.15, 0.2) is 42.5 Å². The number of aldehydes is 1. The SMILES string of the molecule is Cc1ccc(C)c(OCc2ccccc2CC=O)c1. The molecule has 2 aromatic rings. The first-order valence-electron chi connectivity index (χ1n) is 6.41. The Morgan fingerprint density at radius 1 is 1.05 bits per heavy atom. The summed E-state index contributed by atoms with van der Waals surface area (Å²) in [6.45, 7) is 4.58. The van der Waals surface area contributed by atoms with E-state index in [0.717, 1.165) is 28.7 Å². The molecule has 0 aliphatic carbocycles. The molecular formula is C17H18O2. The summed E-state index contributed by atoms with van der Waals surface area (Å²) in [6.07, 6.45) is 1.36. The maximum atomic E-state index is 10.7. The van der Waals surface area contributed by atoms with Gasteiger partial charge in [-0.25, -0.2) is 0 Å². The molecule has 0 saturated heterocycles. The summed E-state index contributed by atoms with van der Waals surface area (Å²) in [5.74, 6) is 0.904. The predicted octanol–water partition coefficient (Wildman–Crippen LogP) is 3.62. The van der Waals surface area contributed by atoms with Gasteiger partial charge in [0.1, 0.15) is 18.6 Å². The monoisotopic (exact) mass is 254 g/mol. The van der Waals surface area contributed by atoms with Crippen LogP contribution in [0.5, 0.6) is 5.75 Å². The summed E-state index contributed by atoms with van der Waals surface area (Å²) in [7, 11) is 0. The van der Waals surface area contributed by atoms with Crippen molar-refractivity contribution in [1.82, 2.24) is 0 Å². The zero-order valence-electron chi connectivity index (χ0n) is 11.3. The van der Waals surface area contributed by atoms with Crippen LogP contribution < -0.4 is 4.74 Å². The maximum Gasteiger partial charge on any atom is 0.124 e. The maximum absolute atomic E-state index is 10.7. The third-order valence-electron chi connectivity index (χ3n) is 3.15. The van der Waals surface area contributed by atoms with Crippen molar-refractivity contribution in [3.05, 3.63) is 64.7 Å². The van der Waals surface area contributed by atoms with Gasteiger partial charge in [-0.15, -0.1) is 0 Å². The van der Waals surface area contributed by atoms with Crippen LogP contribution in [-0.2, 0) is 17.8 Å². The molecule has 2 nitrogen and oxygen atoms in total. The van der Waals surface area contributed by atoms with Gasteiger partial charge in [0, 0.05) is 6.42 Å². The molecule has 0 spiro atoms. The van der Waals surface area contributed by atoms with Gasteiger partial charge in [0.25, 0.3) is 0 Å². The molecule has 98 valence electrons. The Morgan fingerprint density at radius 2 is 1.79 bits per heavy atom. The highest BCUT2D eigenvalue weighted by Crippen LogP contribution is 2.21. The first-order chi connectivity index (χ1) is 9.20. The molecule has 0 aliphatic rings. The Kier molecular flexibility index (Phi) is 4.35. The lowest BCUT2D eigenvalue weighted by Crippen LogP contribution is -2.01. The number of aryl methyl sites for hydroxylation is 2. The molecule has 19 heavy (non-hydrogen) atoms. The third-order valence-corrected chi connectivity index (χ3v) is 3.15. The standard InChI is InChI=1S/C17H18O2/c1-13-7-8-14(2)17(11-13)19-12-16-6-4-3-5-15(16)9-10-18/h3-8,10-11H,9,12H2,1-2H3. The Bertz CT molecular complexity index is 573. The van der Waals surface area contributed by atoms with Crippen molar-refractivity contribution in [3.63, 3.8) is 0 Å². The quantitative estimate of drug-likeness (QED) is 0.762. The van der Waals surface area contributed by atoms with E-state index in [1.165, 1.54) is 5.56 Å². The summed E-state index contributed by atoms with van der Waals surface area (Å²) in [6, 6.07) is 14.1. The summed E-state index contributed by atoms with van der Waals surface area (Å²) >= 11 is 0. The molecule has 2 heteroatoms. The van der Waals surface area contributed by atoms with Gasteiger partial charge in [0.15, 0.2) is 0 Å². The van der Waals surface area contributed by atoms with E-state index in [1.54, 1.807) is 0 Å². The summed E-state index contributed by atoms with van der Waals surface area (Å²) < 4.78 is 5.87. The minimum Gasteiger partial charge on any atom is -0.489 e. The number of benzene rings is 2. The van der Waals surface area contributed by atoms with Crippen LogP contribution in [0.1, 0.15) is 22.3 Å². The van der Waals surface area contributed by atoms with Crippen LogP contribution in [0.3, 0.4) is 0 Å². The van der Waals surface area contributed by atoms with E-state index in [4.69, 9.17) is 4.74 Å². The van der Waals surface area contributed by atoms with Gasteiger partial charge in [-0.2, -0.15) is 0 Å². The van der Waals surface area contributed by atoms with E-state index in [1.807, 2.05) is 44.2 Å². The fourth-order valence-electron chi connectivity index (χ4n) is 2.01. The Labute approximate surface area is 114 Å². The van der Waals surface area contributed by atoms with E-state index in [9.17, 15) is 4.79 Å². The lowest BCUT2D eigenvalue weighted by atomic mass is 10.1. The van der Waals surface area contributed by atoms with E-state index >= 15 is 0 Å². The van der Waals surface area contributed by atoms with Crippen molar-refractivity contribution in [2.45, 2.75) is 26.9 Å². The molecule has 0 saturated carbocycles. The fourth-order valence-corrected chi connectivity index (χ4v) is 2.01. The highest BCUT2D eigenvalue weighted by atomic mass is 16.5. The highest BCUT2D eigenvalue weighted by molar-refractivity contribution is 5.56. The third kappa shape index (κ3) is 3.44. The topological polar surface area (TPSA) is 26.3 Å². The summed E-state index contributed by atoms with van der Waals surface area (Å²) in [5.41, 5.74) is 4.40. The predicted molar refractivity (Wildman–Crippen MR) is 76.5 cm³/mol. The fraction of sp³-hybridized carbons (Fsp3) is 0.235. The van der Waals surface area contributed by atoms with Crippen LogP contribution >= 0.6 is 0 Å². The van der Waals surface area contributed by atoms with Crippen molar-refractivity contribution in [1.29, 1.82) is 0 Å². The van der Waals surface area contributed by atoms with Crippen LogP contribution in [0.25, 0.3) is 0 Å². The van der Waals surface area contributed by atoms with Gasteiger partial charge in [-0.1, -0.05) is 36.4 Å². The van der Waals surface area contributed by atoms with Crippen LogP contribution in [0.2, 0.25) is 0 Å². The van der Waals surface area contributed by atoms with Gasteiger partial charge in [0.2, 0.25) is 0 Å². The van der Waals surface area contributed by atoms with Crippen molar-refractivity contribution >= 4 is 6.29 Å². The number of carbonyl (C=O) groups is 1. The highest BCUT2D eigenvalue weighted by Gasteiger charge is 2.04. The molecule has 2 aromatic carbocycles. The number of rotatable bonds is 5. The molecule has 0 atom stereocenters. The molecular weight excluding hydrogens is 236 g/mol. The lowest BCUT2D eigenvalue weighted by Gasteiger charge is -2.12. The molecule has 0 aliphatic heterocycles. The lowest BCUT2D eigenvalue weighted by molar-refractivity contribution is -0.107. The summed E-state index contributed by atoms with van der Waals surface area (Å²) in [4.78, 5) is 10.7. The number of hydrogen-bond donors (Lipinski definition) is 0. The Hall–Kier alpha value is -2.09. The largest absolute Gasteiger partial charge is 0.489 e. The Morgan fingerprint density at radius 3 is 2.53 bits per heavy atom.